The third kappa shape index (κ3) is 4.31. The van der Waals surface area contributed by atoms with Gasteiger partial charge in [-0.2, -0.15) is 0 Å². The summed E-state index contributed by atoms with van der Waals surface area (Å²) in [6, 6.07) is 1.85. The van der Waals surface area contributed by atoms with Crippen molar-refractivity contribution in [3.05, 3.63) is 11.9 Å². The van der Waals surface area contributed by atoms with Crippen molar-refractivity contribution in [2.75, 3.05) is 36.9 Å². The first-order valence-corrected chi connectivity index (χ1v) is 7.51. The Hall–Kier alpha value is -1.40. The average molecular weight is 278 g/mol. The Balaban J connectivity index is 1.89. The van der Waals surface area contributed by atoms with Crippen LogP contribution in [-0.2, 0) is 0 Å². The summed E-state index contributed by atoms with van der Waals surface area (Å²) in [4.78, 5) is 11.4. The van der Waals surface area contributed by atoms with Crippen molar-refractivity contribution in [3.8, 4) is 0 Å². The number of rotatable bonds is 6. The van der Waals surface area contributed by atoms with E-state index < -0.39 is 0 Å². The van der Waals surface area contributed by atoms with Crippen LogP contribution in [0.2, 0.25) is 0 Å². The molecule has 1 aliphatic rings. The zero-order valence-corrected chi connectivity index (χ0v) is 12.5. The highest BCUT2D eigenvalue weighted by Gasteiger charge is 2.10. The number of aromatic nitrogens is 2. The second-order valence-corrected chi connectivity index (χ2v) is 5.62. The molecular weight excluding hydrogens is 252 g/mol. The third-order valence-corrected chi connectivity index (χ3v) is 3.59. The number of nitrogens with one attached hydrogen (secondary N) is 2. The van der Waals surface area contributed by atoms with Crippen LogP contribution >= 0.6 is 0 Å². The van der Waals surface area contributed by atoms with Gasteiger partial charge >= 0.3 is 0 Å². The molecule has 0 aliphatic carbocycles. The molecule has 0 aromatic carbocycles. The summed E-state index contributed by atoms with van der Waals surface area (Å²) in [5, 5.41) is 3.37. The summed E-state index contributed by atoms with van der Waals surface area (Å²) < 4.78 is 0. The lowest BCUT2D eigenvalue weighted by molar-refractivity contribution is 0.237. The molecule has 2 rings (SSSR count). The monoisotopic (exact) mass is 278 g/mol. The molecule has 4 N–H and O–H groups in total. The summed E-state index contributed by atoms with van der Waals surface area (Å²) in [5.74, 6) is 8.04. The highest BCUT2D eigenvalue weighted by molar-refractivity contribution is 5.47. The van der Waals surface area contributed by atoms with Gasteiger partial charge in [-0.05, 0) is 25.9 Å². The lowest BCUT2D eigenvalue weighted by Gasteiger charge is -2.26. The van der Waals surface area contributed by atoms with E-state index in [1.54, 1.807) is 0 Å². The van der Waals surface area contributed by atoms with Crippen molar-refractivity contribution in [1.29, 1.82) is 0 Å². The van der Waals surface area contributed by atoms with Gasteiger partial charge in [0.15, 0.2) is 0 Å². The van der Waals surface area contributed by atoms with E-state index in [0.29, 0.717) is 5.82 Å². The van der Waals surface area contributed by atoms with Crippen molar-refractivity contribution in [3.63, 3.8) is 0 Å². The van der Waals surface area contributed by atoms with Crippen molar-refractivity contribution < 1.29 is 0 Å². The lowest BCUT2D eigenvalue weighted by Crippen LogP contribution is -2.33. The maximum atomic E-state index is 5.46. The molecule has 0 atom stereocenters. The molecular formula is C14H26N6. The highest BCUT2D eigenvalue weighted by atomic mass is 15.3. The van der Waals surface area contributed by atoms with E-state index in [0.717, 1.165) is 24.7 Å². The van der Waals surface area contributed by atoms with Crippen molar-refractivity contribution in [1.82, 2.24) is 14.9 Å². The standard InChI is InChI=1S/C14H26N6/c1-11(2)14-17-12(10-13(18-14)19-15)16-6-9-20-7-4-3-5-8-20/h10-11H,3-9,15H2,1-2H3,(H2,16,17,18,19). The van der Waals surface area contributed by atoms with Crippen LogP contribution in [0.3, 0.4) is 0 Å². The van der Waals surface area contributed by atoms with E-state index in [9.17, 15) is 0 Å². The second kappa shape index (κ2) is 7.40. The fourth-order valence-corrected chi connectivity index (χ4v) is 2.41. The predicted molar refractivity (Wildman–Crippen MR) is 82.7 cm³/mol. The lowest BCUT2D eigenvalue weighted by atomic mass is 10.1. The third-order valence-electron chi connectivity index (χ3n) is 3.59. The molecule has 6 heteroatoms. The van der Waals surface area contributed by atoms with E-state index in [4.69, 9.17) is 5.84 Å². The quantitative estimate of drug-likeness (QED) is 0.544. The molecule has 20 heavy (non-hydrogen) atoms. The Morgan fingerprint density at radius 1 is 1.20 bits per heavy atom. The van der Waals surface area contributed by atoms with Crippen LogP contribution in [0.4, 0.5) is 11.6 Å². The first kappa shape index (κ1) is 15.0. The molecule has 1 aromatic heterocycles. The molecule has 0 bridgehead atoms. The van der Waals surface area contributed by atoms with E-state index in [1.807, 2.05) is 6.07 Å². The van der Waals surface area contributed by atoms with Gasteiger partial charge in [-0.3, -0.25) is 0 Å². The van der Waals surface area contributed by atoms with E-state index >= 15 is 0 Å². The number of hydrogen-bond donors (Lipinski definition) is 3. The van der Waals surface area contributed by atoms with Crippen molar-refractivity contribution in [2.45, 2.75) is 39.0 Å². The molecule has 1 aromatic rings. The van der Waals surface area contributed by atoms with Gasteiger partial charge in [0, 0.05) is 25.1 Å². The predicted octanol–water partition coefficient (Wildman–Crippen LogP) is 1.78. The number of hydrogen-bond acceptors (Lipinski definition) is 6. The molecule has 1 saturated heterocycles. The van der Waals surface area contributed by atoms with Crippen LogP contribution in [0.15, 0.2) is 6.07 Å². The number of anilines is 2. The van der Waals surface area contributed by atoms with Gasteiger partial charge in [-0.15, -0.1) is 0 Å². The highest BCUT2D eigenvalue weighted by Crippen LogP contribution is 2.16. The SMILES string of the molecule is CC(C)c1nc(NN)cc(NCCN2CCCCC2)n1. The minimum absolute atomic E-state index is 0.283. The Kier molecular flexibility index (Phi) is 5.55. The first-order valence-electron chi connectivity index (χ1n) is 7.51. The van der Waals surface area contributed by atoms with Gasteiger partial charge < -0.3 is 15.6 Å². The summed E-state index contributed by atoms with van der Waals surface area (Å²) in [6.07, 6.45) is 4.03. The maximum absolute atomic E-state index is 5.46. The van der Waals surface area contributed by atoms with Crippen molar-refractivity contribution >= 4 is 11.6 Å². The normalized spacial score (nSPS) is 16.4. The van der Waals surface area contributed by atoms with E-state index in [1.165, 1.54) is 32.4 Å². The van der Waals surface area contributed by atoms with Gasteiger partial charge in [0.1, 0.15) is 17.5 Å². The topological polar surface area (TPSA) is 79.1 Å². The maximum Gasteiger partial charge on any atom is 0.145 e. The Bertz CT molecular complexity index is 414. The molecule has 0 unspecified atom stereocenters. The summed E-state index contributed by atoms with van der Waals surface area (Å²) >= 11 is 0. The van der Waals surface area contributed by atoms with Gasteiger partial charge in [-0.1, -0.05) is 20.3 Å². The fraction of sp³-hybridized carbons (Fsp3) is 0.714. The number of nitrogen functional groups attached to an aromatic ring is 1. The molecule has 1 fully saturated rings. The zero-order chi connectivity index (χ0) is 14.4. The van der Waals surface area contributed by atoms with Gasteiger partial charge in [-0.25, -0.2) is 15.8 Å². The molecule has 0 spiro atoms. The largest absolute Gasteiger partial charge is 0.369 e. The van der Waals surface area contributed by atoms with Crippen LogP contribution in [-0.4, -0.2) is 41.0 Å². The Morgan fingerprint density at radius 2 is 1.90 bits per heavy atom. The minimum atomic E-state index is 0.283. The van der Waals surface area contributed by atoms with E-state index in [-0.39, 0.29) is 5.92 Å². The molecule has 0 radical (unpaired) electrons. The summed E-state index contributed by atoms with van der Waals surface area (Å²) in [6.45, 7) is 8.56. The van der Waals surface area contributed by atoms with Gasteiger partial charge in [0.05, 0.1) is 0 Å². The number of nitrogens with two attached hydrogens (primary N) is 1. The zero-order valence-electron chi connectivity index (χ0n) is 12.5. The van der Waals surface area contributed by atoms with Crippen LogP contribution in [0.5, 0.6) is 0 Å². The van der Waals surface area contributed by atoms with Crippen LogP contribution < -0.4 is 16.6 Å². The molecule has 2 heterocycles. The number of nitrogens with zero attached hydrogens (tertiary/aromatic N) is 3. The Morgan fingerprint density at radius 3 is 2.55 bits per heavy atom. The van der Waals surface area contributed by atoms with Crippen LogP contribution in [0, 0.1) is 0 Å². The number of piperidine rings is 1. The smallest absolute Gasteiger partial charge is 0.145 e. The summed E-state index contributed by atoms with van der Waals surface area (Å²) in [5.41, 5.74) is 2.60. The summed E-state index contributed by atoms with van der Waals surface area (Å²) in [7, 11) is 0. The second-order valence-electron chi connectivity index (χ2n) is 5.62. The number of likely N-dealkylation sites (tertiary alicyclic amines) is 1. The molecule has 6 nitrogen and oxygen atoms in total. The van der Waals surface area contributed by atoms with Crippen LogP contribution in [0.1, 0.15) is 44.9 Å². The molecule has 0 amide bonds. The van der Waals surface area contributed by atoms with Crippen molar-refractivity contribution in [2.24, 2.45) is 5.84 Å². The minimum Gasteiger partial charge on any atom is -0.369 e. The molecule has 0 saturated carbocycles. The molecule has 1 aliphatic heterocycles. The average Bonchev–Trinajstić information content (AvgIpc) is 2.48. The van der Waals surface area contributed by atoms with Gasteiger partial charge in [0.25, 0.3) is 0 Å². The van der Waals surface area contributed by atoms with Crippen LogP contribution in [0.25, 0.3) is 0 Å². The number of hydrazine groups is 1. The Labute approximate surface area is 121 Å². The van der Waals surface area contributed by atoms with Gasteiger partial charge in [0.2, 0.25) is 0 Å². The van der Waals surface area contributed by atoms with E-state index in [2.05, 4.69) is 39.5 Å². The first-order chi connectivity index (χ1) is 9.69. The fourth-order valence-electron chi connectivity index (χ4n) is 2.41. The molecule has 112 valence electrons.